The number of carboxylic acid groups (broad SMARTS) is 1. The van der Waals surface area contributed by atoms with E-state index in [1.165, 1.54) is 0 Å². The Labute approximate surface area is 142 Å². The van der Waals surface area contributed by atoms with Crippen LogP contribution in [0.25, 0.3) is 22.3 Å². The molecule has 0 aliphatic heterocycles. The van der Waals surface area contributed by atoms with Gasteiger partial charge in [-0.3, -0.25) is 0 Å². The van der Waals surface area contributed by atoms with Crippen molar-refractivity contribution >= 4 is 52.4 Å². The van der Waals surface area contributed by atoms with Crippen molar-refractivity contribution in [2.75, 3.05) is 12.4 Å². The Hall–Kier alpha value is -1.89. The van der Waals surface area contributed by atoms with Crippen LogP contribution < -0.4 is 5.32 Å². The molecule has 2 heterocycles. The number of benzene rings is 1. The Balaban J connectivity index is 0.00000161. The van der Waals surface area contributed by atoms with Crippen molar-refractivity contribution in [1.82, 2.24) is 15.0 Å². The number of carboxylic acids is 1. The Morgan fingerprint density at radius 2 is 2.10 bits per heavy atom. The zero-order valence-electron chi connectivity index (χ0n) is 10.7. The van der Waals surface area contributed by atoms with E-state index in [2.05, 4.69) is 20.3 Å². The van der Waals surface area contributed by atoms with Gasteiger partial charge in [-0.25, -0.2) is 14.8 Å². The molecular weight excluding hydrogens is 279 g/mol. The molecule has 6 nitrogen and oxygen atoms in total. The van der Waals surface area contributed by atoms with Crippen molar-refractivity contribution in [3.8, 4) is 11.4 Å². The summed E-state index contributed by atoms with van der Waals surface area (Å²) in [4.78, 5) is 22.6. The van der Waals surface area contributed by atoms with Crippen molar-refractivity contribution in [2.45, 2.75) is 0 Å². The summed E-state index contributed by atoms with van der Waals surface area (Å²) in [7, 11) is 1.75. The first kappa shape index (κ1) is 15.5. The first-order valence-electron chi connectivity index (χ1n) is 6.04. The van der Waals surface area contributed by atoms with Gasteiger partial charge in [0.1, 0.15) is 0 Å². The van der Waals surface area contributed by atoms with E-state index in [9.17, 15) is 4.79 Å². The molecule has 0 aliphatic rings. The van der Waals surface area contributed by atoms with Crippen LogP contribution in [0.15, 0.2) is 36.5 Å². The van der Waals surface area contributed by atoms with Gasteiger partial charge in [0.2, 0.25) is 5.95 Å². The molecule has 0 atom stereocenters. The summed E-state index contributed by atoms with van der Waals surface area (Å²) < 4.78 is 0. The molecule has 0 spiro atoms. The number of fused-ring (bicyclic) bond motifs is 1. The van der Waals surface area contributed by atoms with Crippen LogP contribution in [-0.4, -0.2) is 62.6 Å². The topological polar surface area (TPSA) is 90.9 Å². The number of anilines is 1. The molecule has 0 amide bonds. The zero-order chi connectivity index (χ0) is 14.1. The number of rotatable bonds is 3. The van der Waals surface area contributed by atoms with E-state index in [0.717, 1.165) is 22.3 Å². The predicted octanol–water partition coefficient (Wildman–Crippen LogP) is 1.72. The Morgan fingerprint density at radius 3 is 2.81 bits per heavy atom. The maximum atomic E-state index is 11.0. The van der Waals surface area contributed by atoms with Gasteiger partial charge in [0, 0.05) is 24.1 Å². The van der Waals surface area contributed by atoms with Crippen molar-refractivity contribution in [3.63, 3.8) is 0 Å². The third kappa shape index (κ3) is 3.07. The molecular formula is C14H13N4NaO2. The number of aromatic amines is 1. The van der Waals surface area contributed by atoms with Gasteiger partial charge < -0.3 is 15.4 Å². The van der Waals surface area contributed by atoms with E-state index in [-0.39, 0.29) is 35.1 Å². The average Bonchev–Trinajstić information content (AvgIpc) is 2.90. The van der Waals surface area contributed by atoms with Crippen LogP contribution in [0.2, 0.25) is 0 Å². The minimum atomic E-state index is -0.936. The van der Waals surface area contributed by atoms with Gasteiger partial charge >= 0.3 is 35.5 Å². The van der Waals surface area contributed by atoms with Crippen LogP contribution in [0.4, 0.5) is 5.95 Å². The van der Waals surface area contributed by atoms with Crippen LogP contribution in [0, 0.1) is 0 Å². The van der Waals surface area contributed by atoms with Gasteiger partial charge in [0.25, 0.3) is 0 Å². The van der Waals surface area contributed by atoms with E-state index in [4.69, 9.17) is 5.11 Å². The van der Waals surface area contributed by atoms with Gasteiger partial charge in [0.15, 0.2) is 0 Å². The fraction of sp³-hybridized carbons (Fsp3) is 0.0714. The molecule has 102 valence electrons. The molecule has 3 N–H and O–H groups in total. The fourth-order valence-electron chi connectivity index (χ4n) is 2.03. The Bertz CT molecular complexity index is 801. The first-order chi connectivity index (χ1) is 9.67. The number of hydrogen-bond acceptors (Lipinski definition) is 4. The van der Waals surface area contributed by atoms with Crippen molar-refractivity contribution < 1.29 is 9.90 Å². The molecule has 1 aromatic carbocycles. The van der Waals surface area contributed by atoms with E-state index < -0.39 is 5.97 Å². The molecule has 2 aromatic heterocycles. The monoisotopic (exact) mass is 292 g/mol. The summed E-state index contributed by atoms with van der Waals surface area (Å²) in [6.07, 6.45) is 1.67. The molecule has 0 bridgehead atoms. The van der Waals surface area contributed by atoms with Crippen LogP contribution in [0.5, 0.6) is 0 Å². The van der Waals surface area contributed by atoms with Gasteiger partial charge in [-0.1, -0.05) is 0 Å². The van der Waals surface area contributed by atoms with E-state index in [0.29, 0.717) is 5.95 Å². The van der Waals surface area contributed by atoms with Crippen LogP contribution in [0.3, 0.4) is 0 Å². The summed E-state index contributed by atoms with van der Waals surface area (Å²) >= 11 is 0. The predicted molar refractivity (Wildman–Crippen MR) is 83.0 cm³/mol. The molecule has 3 aromatic rings. The van der Waals surface area contributed by atoms with Gasteiger partial charge in [-0.05, 0) is 30.3 Å². The summed E-state index contributed by atoms with van der Waals surface area (Å²) in [5.74, 6) is -0.401. The molecule has 0 saturated carbocycles. The van der Waals surface area contributed by atoms with Crippen LogP contribution in [0.1, 0.15) is 10.4 Å². The molecule has 0 aliphatic carbocycles. The number of aromatic nitrogens is 3. The number of hydrogen-bond donors (Lipinski definition) is 3. The number of carbonyl (C=O) groups is 1. The summed E-state index contributed by atoms with van der Waals surface area (Å²) in [5, 5.41) is 12.7. The number of nitrogens with zero attached hydrogens (tertiary/aromatic N) is 2. The van der Waals surface area contributed by atoms with Gasteiger partial charge in [-0.15, -0.1) is 0 Å². The van der Waals surface area contributed by atoms with Gasteiger partial charge in [0.05, 0.1) is 17.0 Å². The molecule has 0 saturated heterocycles. The zero-order valence-corrected chi connectivity index (χ0v) is 10.7. The normalized spacial score (nSPS) is 10.1. The fourth-order valence-corrected chi connectivity index (χ4v) is 2.03. The molecule has 0 fully saturated rings. The van der Waals surface area contributed by atoms with E-state index in [1.807, 2.05) is 6.07 Å². The average molecular weight is 292 g/mol. The summed E-state index contributed by atoms with van der Waals surface area (Å²) in [6, 6.07) is 8.64. The number of aromatic carboxylic acids is 1. The number of H-pyrrole nitrogens is 1. The van der Waals surface area contributed by atoms with Gasteiger partial charge in [-0.2, -0.15) is 0 Å². The second-order valence-electron chi connectivity index (χ2n) is 4.31. The molecule has 7 heteroatoms. The Kier molecular flexibility index (Phi) is 4.62. The second kappa shape index (κ2) is 6.26. The standard InChI is InChI=1S/C14H12N4O2.Na.H/c1-15-14-16-5-4-11(18-14)12-7-9-6-8(13(19)20)2-3-10(9)17-12;;/h2-7,17H,1H3,(H,19,20)(H,15,16,18);;. The van der Waals surface area contributed by atoms with Crippen LogP contribution in [-0.2, 0) is 0 Å². The SMILES string of the molecule is CNc1nccc(-c2cc3cc(C(=O)O)ccc3[nH]2)n1.[NaH]. The van der Waals surface area contributed by atoms with Crippen molar-refractivity contribution in [1.29, 1.82) is 0 Å². The first-order valence-corrected chi connectivity index (χ1v) is 6.04. The summed E-state index contributed by atoms with van der Waals surface area (Å²) in [5.41, 5.74) is 2.70. The van der Waals surface area contributed by atoms with Crippen molar-refractivity contribution in [3.05, 3.63) is 42.1 Å². The summed E-state index contributed by atoms with van der Waals surface area (Å²) in [6.45, 7) is 0. The molecule has 3 rings (SSSR count). The number of nitrogens with one attached hydrogen (secondary N) is 2. The quantitative estimate of drug-likeness (QED) is 0.639. The minimum absolute atomic E-state index is 0. The van der Waals surface area contributed by atoms with E-state index >= 15 is 0 Å². The molecule has 21 heavy (non-hydrogen) atoms. The third-order valence-electron chi connectivity index (χ3n) is 3.02. The molecule has 0 radical (unpaired) electrons. The molecule has 0 unspecified atom stereocenters. The third-order valence-corrected chi connectivity index (χ3v) is 3.02. The Morgan fingerprint density at radius 1 is 1.29 bits per heavy atom. The second-order valence-corrected chi connectivity index (χ2v) is 4.31. The van der Waals surface area contributed by atoms with E-state index in [1.54, 1.807) is 37.5 Å². The van der Waals surface area contributed by atoms with Crippen molar-refractivity contribution in [2.24, 2.45) is 0 Å². The maximum absolute atomic E-state index is 11.0. The van der Waals surface area contributed by atoms with Crippen LogP contribution >= 0.6 is 0 Å².